The Labute approximate surface area is 113 Å². The Bertz CT molecular complexity index is 577. The van der Waals surface area contributed by atoms with Crippen LogP contribution in [0, 0.1) is 6.92 Å². The summed E-state index contributed by atoms with van der Waals surface area (Å²) in [7, 11) is 0. The van der Waals surface area contributed by atoms with Gasteiger partial charge >= 0.3 is 0 Å². The molecule has 0 unspecified atom stereocenters. The highest BCUT2D eigenvalue weighted by molar-refractivity contribution is 6.33. The molecule has 92 valence electrons. The number of hydrogen-bond acceptors (Lipinski definition) is 1. The highest BCUT2D eigenvalue weighted by Crippen LogP contribution is 2.30. The minimum Gasteiger partial charge on any atom is -0.366 e. The molecule has 3 rings (SSSR count). The Kier molecular flexibility index (Phi) is 3.00. The summed E-state index contributed by atoms with van der Waals surface area (Å²) in [5.41, 5.74) is 5.25. The van der Waals surface area contributed by atoms with Crippen LogP contribution in [0.3, 0.4) is 0 Å². The van der Waals surface area contributed by atoms with Gasteiger partial charge in [-0.15, -0.1) is 0 Å². The first-order valence-electron chi connectivity index (χ1n) is 6.32. The Hall–Kier alpha value is -1.47. The van der Waals surface area contributed by atoms with Crippen LogP contribution in [0.15, 0.2) is 42.5 Å². The molecule has 0 saturated carbocycles. The number of hydrogen-bond donors (Lipinski definition) is 0. The lowest BCUT2D eigenvalue weighted by Crippen LogP contribution is -2.30. The number of rotatable bonds is 1. The predicted molar refractivity (Wildman–Crippen MR) is 77.4 cm³/mol. The lowest BCUT2D eigenvalue weighted by Gasteiger charge is -2.31. The molecule has 0 radical (unpaired) electrons. The van der Waals surface area contributed by atoms with E-state index < -0.39 is 0 Å². The SMILES string of the molecule is Cc1ccc(N2CCc3ccccc3C2)c(Cl)c1. The lowest BCUT2D eigenvalue weighted by atomic mass is 9.99. The molecular formula is C16H16ClN. The number of nitrogens with zero attached hydrogens (tertiary/aromatic N) is 1. The van der Waals surface area contributed by atoms with Crippen LogP contribution in [0.5, 0.6) is 0 Å². The Morgan fingerprint density at radius 3 is 2.61 bits per heavy atom. The largest absolute Gasteiger partial charge is 0.366 e. The number of anilines is 1. The molecule has 0 aliphatic carbocycles. The molecule has 1 aliphatic rings. The summed E-state index contributed by atoms with van der Waals surface area (Å²) in [5.74, 6) is 0. The standard InChI is InChI=1S/C16H16ClN/c1-12-6-7-16(15(17)10-12)18-9-8-13-4-2-3-5-14(13)11-18/h2-7,10H,8-9,11H2,1H3. The number of halogens is 1. The van der Waals surface area contributed by atoms with Gasteiger partial charge in [0.25, 0.3) is 0 Å². The van der Waals surface area contributed by atoms with Crippen LogP contribution in [-0.4, -0.2) is 6.54 Å². The van der Waals surface area contributed by atoms with Crippen LogP contribution in [-0.2, 0) is 13.0 Å². The van der Waals surface area contributed by atoms with E-state index in [1.807, 2.05) is 6.07 Å². The predicted octanol–water partition coefficient (Wildman–Crippen LogP) is 4.21. The first-order valence-corrected chi connectivity index (χ1v) is 6.70. The van der Waals surface area contributed by atoms with E-state index in [1.165, 1.54) is 16.7 Å². The first kappa shape index (κ1) is 11.6. The molecule has 0 amide bonds. The minimum absolute atomic E-state index is 0.856. The van der Waals surface area contributed by atoms with Gasteiger partial charge in [0.2, 0.25) is 0 Å². The van der Waals surface area contributed by atoms with Gasteiger partial charge in [-0.1, -0.05) is 41.9 Å². The van der Waals surface area contributed by atoms with Crippen molar-refractivity contribution in [2.24, 2.45) is 0 Å². The molecule has 2 heteroatoms. The van der Waals surface area contributed by atoms with Gasteiger partial charge in [-0.05, 0) is 42.2 Å². The second-order valence-electron chi connectivity index (χ2n) is 4.90. The second kappa shape index (κ2) is 4.66. The molecule has 0 saturated heterocycles. The van der Waals surface area contributed by atoms with Gasteiger partial charge in [0, 0.05) is 13.1 Å². The monoisotopic (exact) mass is 257 g/mol. The Balaban J connectivity index is 1.92. The quantitative estimate of drug-likeness (QED) is 0.740. The van der Waals surface area contributed by atoms with Crippen LogP contribution in [0.25, 0.3) is 0 Å². The van der Waals surface area contributed by atoms with Gasteiger partial charge in [-0.25, -0.2) is 0 Å². The third-order valence-electron chi connectivity index (χ3n) is 3.57. The molecule has 0 bridgehead atoms. The first-order chi connectivity index (χ1) is 8.74. The van der Waals surface area contributed by atoms with E-state index in [-0.39, 0.29) is 0 Å². The normalized spacial score (nSPS) is 14.4. The Morgan fingerprint density at radius 1 is 1.06 bits per heavy atom. The fourth-order valence-electron chi connectivity index (χ4n) is 2.57. The summed E-state index contributed by atoms with van der Waals surface area (Å²) in [6.07, 6.45) is 1.10. The summed E-state index contributed by atoms with van der Waals surface area (Å²) in [6, 6.07) is 15.0. The molecule has 0 spiro atoms. The molecular weight excluding hydrogens is 242 g/mol. The van der Waals surface area contributed by atoms with Gasteiger partial charge in [-0.2, -0.15) is 0 Å². The smallest absolute Gasteiger partial charge is 0.0642 e. The highest BCUT2D eigenvalue weighted by Gasteiger charge is 2.17. The third kappa shape index (κ3) is 2.11. The number of benzene rings is 2. The van der Waals surface area contributed by atoms with Gasteiger partial charge < -0.3 is 4.90 Å². The van der Waals surface area contributed by atoms with E-state index in [9.17, 15) is 0 Å². The van der Waals surface area contributed by atoms with Crippen LogP contribution in [0.4, 0.5) is 5.69 Å². The molecule has 1 nitrogen and oxygen atoms in total. The van der Waals surface area contributed by atoms with Crippen molar-refractivity contribution >= 4 is 17.3 Å². The van der Waals surface area contributed by atoms with Gasteiger partial charge in [0.05, 0.1) is 10.7 Å². The van der Waals surface area contributed by atoms with Crippen molar-refractivity contribution in [1.29, 1.82) is 0 Å². The summed E-state index contributed by atoms with van der Waals surface area (Å²) >= 11 is 6.35. The van der Waals surface area contributed by atoms with Crippen molar-refractivity contribution < 1.29 is 0 Å². The molecule has 0 atom stereocenters. The van der Waals surface area contributed by atoms with Crippen LogP contribution in [0.1, 0.15) is 16.7 Å². The second-order valence-corrected chi connectivity index (χ2v) is 5.30. The van der Waals surface area contributed by atoms with Crippen molar-refractivity contribution in [2.45, 2.75) is 19.9 Å². The van der Waals surface area contributed by atoms with Crippen LogP contribution < -0.4 is 4.90 Å². The van der Waals surface area contributed by atoms with E-state index in [2.05, 4.69) is 48.2 Å². The number of aryl methyl sites for hydroxylation is 1. The van der Waals surface area contributed by atoms with Gasteiger partial charge in [0.1, 0.15) is 0 Å². The van der Waals surface area contributed by atoms with Crippen molar-refractivity contribution in [1.82, 2.24) is 0 Å². The zero-order valence-corrected chi connectivity index (χ0v) is 11.2. The van der Waals surface area contributed by atoms with Crippen molar-refractivity contribution in [3.63, 3.8) is 0 Å². The summed E-state index contributed by atoms with van der Waals surface area (Å²) < 4.78 is 0. The van der Waals surface area contributed by atoms with Crippen molar-refractivity contribution in [3.8, 4) is 0 Å². The lowest BCUT2D eigenvalue weighted by molar-refractivity contribution is 0.732. The zero-order chi connectivity index (χ0) is 12.5. The van der Waals surface area contributed by atoms with E-state index in [0.29, 0.717) is 0 Å². The van der Waals surface area contributed by atoms with E-state index >= 15 is 0 Å². The average Bonchev–Trinajstić information content (AvgIpc) is 2.38. The number of fused-ring (bicyclic) bond motifs is 1. The zero-order valence-electron chi connectivity index (χ0n) is 10.5. The highest BCUT2D eigenvalue weighted by atomic mass is 35.5. The maximum absolute atomic E-state index is 6.35. The fraction of sp³-hybridized carbons (Fsp3) is 0.250. The molecule has 2 aromatic carbocycles. The van der Waals surface area contributed by atoms with Crippen molar-refractivity contribution in [2.75, 3.05) is 11.4 Å². The molecule has 0 fully saturated rings. The Morgan fingerprint density at radius 2 is 1.83 bits per heavy atom. The van der Waals surface area contributed by atoms with Gasteiger partial charge in [-0.3, -0.25) is 0 Å². The molecule has 1 heterocycles. The van der Waals surface area contributed by atoms with E-state index in [4.69, 9.17) is 11.6 Å². The molecule has 2 aromatic rings. The molecule has 18 heavy (non-hydrogen) atoms. The van der Waals surface area contributed by atoms with E-state index in [0.717, 1.165) is 30.2 Å². The molecule has 0 N–H and O–H groups in total. The summed E-state index contributed by atoms with van der Waals surface area (Å²) in [5, 5.41) is 0.856. The fourth-order valence-corrected chi connectivity index (χ4v) is 2.92. The topological polar surface area (TPSA) is 3.24 Å². The van der Waals surface area contributed by atoms with Crippen LogP contribution >= 0.6 is 11.6 Å². The minimum atomic E-state index is 0.856. The maximum atomic E-state index is 6.35. The van der Waals surface area contributed by atoms with Crippen LogP contribution in [0.2, 0.25) is 5.02 Å². The maximum Gasteiger partial charge on any atom is 0.0642 e. The molecule has 0 aromatic heterocycles. The van der Waals surface area contributed by atoms with Gasteiger partial charge in [0.15, 0.2) is 0 Å². The third-order valence-corrected chi connectivity index (χ3v) is 3.88. The van der Waals surface area contributed by atoms with E-state index in [1.54, 1.807) is 0 Å². The summed E-state index contributed by atoms with van der Waals surface area (Å²) in [6.45, 7) is 4.07. The van der Waals surface area contributed by atoms with Crippen molar-refractivity contribution in [3.05, 3.63) is 64.2 Å². The average molecular weight is 258 g/mol. The summed E-state index contributed by atoms with van der Waals surface area (Å²) in [4.78, 5) is 2.37. The molecule has 1 aliphatic heterocycles.